The highest BCUT2D eigenvalue weighted by Crippen LogP contribution is 2.27. The minimum Gasteiger partial charge on any atom is -0.353 e. The second-order valence-corrected chi connectivity index (χ2v) is 5.08. The van der Waals surface area contributed by atoms with Gasteiger partial charge in [0.1, 0.15) is 5.15 Å². The van der Waals surface area contributed by atoms with Gasteiger partial charge in [-0.25, -0.2) is 4.98 Å². The van der Waals surface area contributed by atoms with Crippen LogP contribution in [0.25, 0.3) is 0 Å². The van der Waals surface area contributed by atoms with Crippen LogP contribution in [-0.4, -0.2) is 9.97 Å². The average Bonchev–Trinajstić information content (AvgIpc) is 2.45. The molecule has 0 saturated carbocycles. The number of hydrogen-bond donors (Lipinski definition) is 2. The zero-order chi connectivity index (χ0) is 13.2. The third kappa shape index (κ3) is 2.49. The first-order valence-electron chi connectivity index (χ1n) is 6.36. The van der Waals surface area contributed by atoms with Gasteiger partial charge in [-0.3, -0.25) is 4.79 Å². The van der Waals surface area contributed by atoms with Crippen LogP contribution in [0.3, 0.4) is 0 Å². The smallest absolute Gasteiger partial charge is 0.251 e. The van der Waals surface area contributed by atoms with E-state index in [9.17, 15) is 4.79 Å². The standard InChI is InChI=1S/C14H14ClN3O/c15-13-6-5-9(7-16-13)18-12-8-17-14(19)11-4-2-1-3-10(11)12/h5-8,18H,1-4H2,(H,17,19). The lowest BCUT2D eigenvalue weighted by molar-refractivity contribution is 0.678. The van der Waals surface area contributed by atoms with Crippen LogP contribution in [0.4, 0.5) is 11.4 Å². The number of pyridine rings is 2. The molecule has 5 heteroatoms. The van der Waals surface area contributed by atoms with Crippen molar-refractivity contribution in [3.63, 3.8) is 0 Å². The summed E-state index contributed by atoms with van der Waals surface area (Å²) in [5.41, 5.74) is 3.90. The Bertz CT molecular complexity index is 649. The zero-order valence-electron chi connectivity index (χ0n) is 10.4. The number of rotatable bonds is 2. The van der Waals surface area contributed by atoms with Crippen molar-refractivity contribution in [3.05, 3.63) is 51.2 Å². The molecule has 19 heavy (non-hydrogen) atoms. The first-order chi connectivity index (χ1) is 9.24. The molecule has 98 valence electrons. The van der Waals surface area contributed by atoms with Crippen molar-refractivity contribution < 1.29 is 0 Å². The number of hydrogen-bond acceptors (Lipinski definition) is 3. The molecular formula is C14H14ClN3O. The van der Waals surface area contributed by atoms with Crippen LogP contribution in [0, 0.1) is 0 Å². The highest BCUT2D eigenvalue weighted by atomic mass is 35.5. The van der Waals surface area contributed by atoms with Gasteiger partial charge < -0.3 is 10.3 Å². The van der Waals surface area contributed by atoms with Crippen LogP contribution < -0.4 is 10.9 Å². The maximum Gasteiger partial charge on any atom is 0.251 e. The van der Waals surface area contributed by atoms with E-state index in [1.165, 1.54) is 0 Å². The minimum atomic E-state index is 0.0366. The Morgan fingerprint density at radius 1 is 1.21 bits per heavy atom. The maximum absolute atomic E-state index is 11.8. The van der Waals surface area contributed by atoms with Crippen molar-refractivity contribution in [1.82, 2.24) is 9.97 Å². The highest BCUT2D eigenvalue weighted by molar-refractivity contribution is 6.29. The molecule has 0 atom stereocenters. The van der Waals surface area contributed by atoms with Crippen molar-refractivity contribution in [2.45, 2.75) is 25.7 Å². The van der Waals surface area contributed by atoms with E-state index in [0.29, 0.717) is 5.15 Å². The fraction of sp³-hybridized carbons (Fsp3) is 0.286. The number of aromatic amines is 1. The summed E-state index contributed by atoms with van der Waals surface area (Å²) < 4.78 is 0. The Labute approximate surface area is 115 Å². The maximum atomic E-state index is 11.8. The highest BCUT2D eigenvalue weighted by Gasteiger charge is 2.16. The molecule has 1 aliphatic rings. The SMILES string of the molecule is O=c1[nH]cc(Nc2ccc(Cl)nc2)c2c1CCCC2. The lowest BCUT2D eigenvalue weighted by Crippen LogP contribution is -2.20. The molecule has 2 aromatic heterocycles. The summed E-state index contributed by atoms with van der Waals surface area (Å²) in [7, 11) is 0. The molecule has 0 radical (unpaired) electrons. The van der Waals surface area contributed by atoms with E-state index in [1.807, 2.05) is 6.07 Å². The topological polar surface area (TPSA) is 57.8 Å². The fourth-order valence-electron chi connectivity index (χ4n) is 2.48. The minimum absolute atomic E-state index is 0.0366. The van der Waals surface area contributed by atoms with Gasteiger partial charge in [0.2, 0.25) is 0 Å². The predicted octanol–water partition coefficient (Wildman–Crippen LogP) is 3.05. The Morgan fingerprint density at radius 2 is 2.00 bits per heavy atom. The molecular weight excluding hydrogens is 262 g/mol. The Balaban J connectivity index is 1.97. The first kappa shape index (κ1) is 12.2. The van der Waals surface area contributed by atoms with Crippen molar-refractivity contribution in [2.24, 2.45) is 0 Å². The Kier molecular flexibility index (Phi) is 3.25. The zero-order valence-corrected chi connectivity index (χ0v) is 11.1. The van der Waals surface area contributed by atoms with Crippen LogP contribution in [0.15, 0.2) is 29.3 Å². The van der Waals surface area contributed by atoms with Crippen LogP contribution in [0.5, 0.6) is 0 Å². The van der Waals surface area contributed by atoms with E-state index < -0.39 is 0 Å². The van der Waals surface area contributed by atoms with E-state index in [1.54, 1.807) is 18.5 Å². The molecule has 4 nitrogen and oxygen atoms in total. The van der Waals surface area contributed by atoms with Gasteiger partial charge in [-0.05, 0) is 43.4 Å². The molecule has 1 aliphatic carbocycles. The summed E-state index contributed by atoms with van der Waals surface area (Å²) in [5, 5.41) is 3.76. The molecule has 2 aromatic rings. The molecule has 2 heterocycles. The average molecular weight is 276 g/mol. The van der Waals surface area contributed by atoms with Gasteiger partial charge in [0.05, 0.1) is 17.6 Å². The number of H-pyrrole nitrogens is 1. The lowest BCUT2D eigenvalue weighted by atomic mass is 9.92. The molecule has 0 aromatic carbocycles. The van der Waals surface area contributed by atoms with Gasteiger partial charge in [0.15, 0.2) is 0 Å². The van der Waals surface area contributed by atoms with Crippen LogP contribution in [-0.2, 0) is 12.8 Å². The summed E-state index contributed by atoms with van der Waals surface area (Å²) in [5.74, 6) is 0. The summed E-state index contributed by atoms with van der Waals surface area (Å²) in [6.45, 7) is 0. The number of aromatic nitrogens is 2. The molecule has 0 aliphatic heterocycles. The van der Waals surface area contributed by atoms with Crippen molar-refractivity contribution in [1.29, 1.82) is 0 Å². The number of nitrogens with one attached hydrogen (secondary N) is 2. The Hall–Kier alpha value is -1.81. The van der Waals surface area contributed by atoms with Gasteiger partial charge in [0.25, 0.3) is 5.56 Å². The molecule has 0 saturated heterocycles. The normalized spacial score (nSPS) is 13.9. The van der Waals surface area contributed by atoms with Gasteiger partial charge in [-0.1, -0.05) is 11.6 Å². The molecule has 2 N–H and O–H groups in total. The molecule has 0 fully saturated rings. The number of fused-ring (bicyclic) bond motifs is 1. The van der Waals surface area contributed by atoms with E-state index in [-0.39, 0.29) is 5.56 Å². The summed E-state index contributed by atoms with van der Waals surface area (Å²) in [4.78, 5) is 18.6. The van der Waals surface area contributed by atoms with Crippen LogP contribution >= 0.6 is 11.6 Å². The molecule has 0 bridgehead atoms. The fourth-order valence-corrected chi connectivity index (χ4v) is 2.59. The number of nitrogens with zero attached hydrogens (tertiary/aromatic N) is 1. The molecule has 3 rings (SSSR count). The van der Waals surface area contributed by atoms with E-state index in [4.69, 9.17) is 11.6 Å². The quantitative estimate of drug-likeness (QED) is 0.828. The van der Waals surface area contributed by atoms with E-state index in [0.717, 1.165) is 48.2 Å². The predicted molar refractivity (Wildman–Crippen MR) is 76.2 cm³/mol. The van der Waals surface area contributed by atoms with E-state index >= 15 is 0 Å². The second kappa shape index (κ2) is 5.05. The van der Waals surface area contributed by atoms with Crippen molar-refractivity contribution in [2.75, 3.05) is 5.32 Å². The third-order valence-electron chi connectivity index (χ3n) is 3.42. The third-order valence-corrected chi connectivity index (χ3v) is 3.64. The largest absolute Gasteiger partial charge is 0.353 e. The van der Waals surface area contributed by atoms with Crippen LogP contribution in [0.2, 0.25) is 5.15 Å². The van der Waals surface area contributed by atoms with Crippen molar-refractivity contribution >= 4 is 23.0 Å². The summed E-state index contributed by atoms with van der Waals surface area (Å²) >= 11 is 5.76. The number of anilines is 2. The van der Waals surface area contributed by atoms with E-state index in [2.05, 4.69) is 15.3 Å². The second-order valence-electron chi connectivity index (χ2n) is 4.69. The molecule has 0 unspecified atom stereocenters. The monoisotopic (exact) mass is 275 g/mol. The van der Waals surface area contributed by atoms with Gasteiger partial charge in [-0.15, -0.1) is 0 Å². The van der Waals surface area contributed by atoms with Gasteiger partial charge >= 0.3 is 0 Å². The lowest BCUT2D eigenvalue weighted by Gasteiger charge is -2.19. The molecule has 0 amide bonds. The summed E-state index contributed by atoms with van der Waals surface area (Å²) in [6, 6.07) is 3.61. The first-order valence-corrected chi connectivity index (χ1v) is 6.74. The Morgan fingerprint density at radius 3 is 2.74 bits per heavy atom. The van der Waals surface area contributed by atoms with Crippen LogP contribution in [0.1, 0.15) is 24.0 Å². The van der Waals surface area contributed by atoms with Gasteiger partial charge in [-0.2, -0.15) is 0 Å². The molecule has 0 spiro atoms. The van der Waals surface area contributed by atoms with Gasteiger partial charge in [0, 0.05) is 11.8 Å². The summed E-state index contributed by atoms with van der Waals surface area (Å²) in [6.07, 6.45) is 7.44. The number of halogens is 1. The van der Waals surface area contributed by atoms with Crippen molar-refractivity contribution in [3.8, 4) is 0 Å².